The molecule has 0 radical (unpaired) electrons. The molecule has 1 unspecified atom stereocenters. The highest BCUT2D eigenvalue weighted by atomic mass is 32.1. The van der Waals surface area contributed by atoms with Gasteiger partial charge in [-0.15, -0.1) is 11.3 Å². The fourth-order valence-electron chi connectivity index (χ4n) is 2.56. The molecule has 2 N–H and O–H groups in total. The van der Waals surface area contributed by atoms with E-state index in [0.29, 0.717) is 16.6 Å². The molecule has 0 aromatic carbocycles. The van der Waals surface area contributed by atoms with Crippen LogP contribution in [0.3, 0.4) is 0 Å². The third-order valence-electron chi connectivity index (χ3n) is 3.67. The average molecular weight is 297 g/mol. The van der Waals surface area contributed by atoms with Gasteiger partial charge in [-0.2, -0.15) is 0 Å². The number of rotatable bonds is 3. The molecule has 1 atom stereocenters. The van der Waals surface area contributed by atoms with Gasteiger partial charge in [0.05, 0.1) is 30.1 Å². The smallest absolute Gasteiger partial charge is 0.341 e. The van der Waals surface area contributed by atoms with Crippen molar-refractivity contribution in [2.75, 3.05) is 19.0 Å². The molecule has 1 aliphatic rings. The maximum absolute atomic E-state index is 12.0. The van der Waals surface area contributed by atoms with Crippen molar-refractivity contribution in [2.24, 2.45) is 0 Å². The first-order valence-electron chi connectivity index (χ1n) is 6.79. The molecule has 110 valence electrons. The molecule has 0 bridgehead atoms. The summed E-state index contributed by atoms with van der Waals surface area (Å²) in [6, 6.07) is 0.552. The van der Waals surface area contributed by atoms with Crippen molar-refractivity contribution in [3.05, 3.63) is 16.0 Å². The number of esters is 1. The number of hydrogen-bond donors (Lipinski definition) is 2. The fraction of sp³-hybridized carbons (Fsp3) is 0.571. The van der Waals surface area contributed by atoms with E-state index in [2.05, 4.69) is 19.2 Å². The summed E-state index contributed by atoms with van der Waals surface area (Å²) in [4.78, 5) is 26.0. The molecule has 5 nitrogen and oxygen atoms in total. The number of carbonyl (C=O) groups is 2. The zero-order valence-corrected chi connectivity index (χ0v) is 13.1. The van der Waals surface area contributed by atoms with Gasteiger partial charge in [0.25, 0.3) is 0 Å². The third-order valence-corrected chi connectivity index (χ3v) is 4.82. The van der Waals surface area contributed by atoms with E-state index in [4.69, 9.17) is 4.74 Å². The second kappa shape index (κ2) is 5.93. The molecule has 0 fully saturated rings. The summed E-state index contributed by atoms with van der Waals surface area (Å²) in [5, 5.41) is 3.38. The normalized spacial score (nSPS) is 17.8. The molecule has 1 amide bonds. The van der Waals surface area contributed by atoms with Crippen molar-refractivity contribution in [3.8, 4) is 0 Å². The Morgan fingerprint density at radius 3 is 2.65 bits per heavy atom. The van der Waals surface area contributed by atoms with Crippen molar-refractivity contribution in [1.82, 2.24) is 0 Å². The van der Waals surface area contributed by atoms with Gasteiger partial charge in [-0.1, -0.05) is 0 Å². The molecule has 0 spiro atoms. The lowest BCUT2D eigenvalue weighted by molar-refractivity contribution is -0.936. The second-order valence-electron chi connectivity index (χ2n) is 5.37. The number of anilines is 1. The van der Waals surface area contributed by atoms with Crippen LogP contribution in [-0.4, -0.2) is 31.6 Å². The van der Waals surface area contributed by atoms with Gasteiger partial charge in [0, 0.05) is 13.3 Å². The Balaban J connectivity index is 2.40. The third kappa shape index (κ3) is 2.86. The van der Waals surface area contributed by atoms with E-state index in [1.165, 1.54) is 35.1 Å². The van der Waals surface area contributed by atoms with Gasteiger partial charge in [0.1, 0.15) is 11.5 Å². The van der Waals surface area contributed by atoms with Gasteiger partial charge >= 0.3 is 5.97 Å². The van der Waals surface area contributed by atoms with Crippen LogP contribution in [-0.2, 0) is 22.5 Å². The lowest BCUT2D eigenvalue weighted by Gasteiger charge is -2.27. The molecular formula is C14H21N2O3S+. The summed E-state index contributed by atoms with van der Waals surface area (Å²) >= 11 is 1.50. The van der Waals surface area contributed by atoms with E-state index in [9.17, 15) is 9.59 Å². The SMILES string of the molecule is COC(=O)c1c(NC(C)=O)sc2c1CC[NH+](C(C)C)C2. The van der Waals surface area contributed by atoms with E-state index >= 15 is 0 Å². The maximum atomic E-state index is 12.0. The molecule has 2 rings (SSSR count). The van der Waals surface area contributed by atoms with E-state index in [1.807, 2.05) is 0 Å². The van der Waals surface area contributed by atoms with Gasteiger partial charge in [0.15, 0.2) is 0 Å². The predicted octanol–water partition coefficient (Wildman–Crippen LogP) is 0.842. The van der Waals surface area contributed by atoms with Crippen molar-refractivity contribution in [3.63, 3.8) is 0 Å². The van der Waals surface area contributed by atoms with Crippen molar-refractivity contribution >= 4 is 28.2 Å². The molecule has 0 aliphatic carbocycles. The number of nitrogens with one attached hydrogen (secondary N) is 2. The number of ether oxygens (including phenoxy) is 1. The Kier molecular flexibility index (Phi) is 4.45. The summed E-state index contributed by atoms with van der Waals surface area (Å²) in [6.07, 6.45) is 0.851. The maximum Gasteiger partial charge on any atom is 0.341 e. The van der Waals surface area contributed by atoms with Crippen LogP contribution in [0.4, 0.5) is 5.00 Å². The minimum absolute atomic E-state index is 0.165. The number of fused-ring (bicyclic) bond motifs is 1. The Hall–Kier alpha value is -1.40. The number of quaternary nitrogens is 1. The first-order valence-corrected chi connectivity index (χ1v) is 7.60. The van der Waals surface area contributed by atoms with Gasteiger partial charge in [0.2, 0.25) is 5.91 Å². The molecule has 2 heterocycles. The summed E-state index contributed by atoms with van der Waals surface area (Å²) < 4.78 is 4.87. The lowest BCUT2D eigenvalue weighted by atomic mass is 10.0. The molecule has 0 saturated carbocycles. The zero-order chi connectivity index (χ0) is 14.9. The van der Waals surface area contributed by atoms with Gasteiger partial charge in [-0.05, 0) is 19.4 Å². The summed E-state index contributed by atoms with van der Waals surface area (Å²) in [7, 11) is 1.37. The molecule has 6 heteroatoms. The summed E-state index contributed by atoms with van der Waals surface area (Å²) in [5.41, 5.74) is 1.60. The van der Waals surface area contributed by atoms with Crippen LogP contribution < -0.4 is 10.2 Å². The second-order valence-corrected chi connectivity index (χ2v) is 6.48. The van der Waals surface area contributed by atoms with Crippen LogP contribution in [0.25, 0.3) is 0 Å². The number of carbonyl (C=O) groups excluding carboxylic acids is 2. The number of amides is 1. The predicted molar refractivity (Wildman–Crippen MR) is 78.3 cm³/mol. The first kappa shape index (κ1) is 15.0. The summed E-state index contributed by atoms with van der Waals surface area (Å²) in [5.74, 6) is -0.527. The first-order chi connectivity index (χ1) is 9.43. The summed E-state index contributed by atoms with van der Waals surface area (Å²) in [6.45, 7) is 7.76. The molecule has 1 aromatic heterocycles. The highest BCUT2D eigenvalue weighted by molar-refractivity contribution is 7.16. The molecule has 1 aromatic rings. The van der Waals surface area contributed by atoms with E-state index < -0.39 is 0 Å². The van der Waals surface area contributed by atoms with Crippen LogP contribution >= 0.6 is 11.3 Å². The van der Waals surface area contributed by atoms with Crippen molar-refractivity contribution in [1.29, 1.82) is 0 Å². The van der Waals surface area contributed by atoms with Crippen LogP contribution in [0.15, 0.2) is 0 Å². The van der Waals surface area contributed by atoms with Gasteiger partial charge in [-0.3, -0.25) is 4.79 Å². The van der Waals surface area contributed by atoms with Crippen LogP contribution in [0.1, 0.15) is 41.6 Å². The minimum Gasteiger partial charge on any atom is -0.465 e. The molecule has 20 heavy (non-hydrogen) atoms. The van der Waals surface area contributed by atoms with E-state index in [0.717, 1.165) is 25.1 Å². The number of hydrogen-bond acceptors (Lipinski definition) is 4. The molecular weight excluding hydrogens is 276 g/mol. The number of thiophene rings is 1. The quantitative estimate of drug-likeness (QED) is 0.813. The Morgan fingerprint density at radius 1 is 1.40 bits per heavy atom. The van der Waals surface area contributed by atoms with Crippen LogP contribution in [0.5, 0.6) is 0 Å². The zero-order valence-electron chi connectivity index (χ0n) is 12.3. The minimum atomic E-state index is -0.362. The number of methoxy groups -OCH3 is 1. The average Bonchev–Trinajstić information content (AvgIpc) is 2.73. The Bertz CT molecular complexity index is 537. The van der Waals surface area contributed by atoms with Crippen molar-refractivity contribution < 1.29 is 19.2 Å². The highest BCUT2D eigenvalue weighted by Crippen LogP contribution is 2.35. The van der Waals surface area contributed by atoms with Crippen molar-refractivity contribution in [2.45, 2.75) is 39.8 Å². The monoisotopic (exact) mass is 297 g/mol. The largest absolute Gasteiger partial charge is 0.465 e. The lowest BCUT2D eigenvalue weighted by Crippen LogP contribution is -3.14. The molecule has 0 saturated heterocycles. The molecule has 1 aliphatic heterocycles. The standard InChI is InChI=1S/C14H20N2O3S/c1-8(2)16-6-5-10-11(7-16)20-13(15-9(3)17)12(10)14(18)19-4/h8H,5-7H2,1-4H3,(H,15,17)/p+1. The van der Waals surface area contributed by atoms with Crippen LogP contribution in [0.2, 0.25) is 0 Å². The van der Waals surface area contributed by atoms with Crippen LogP contribution in [0, 0.1) is 0 Å². The van der Waals surface area contributed by atoms with E-state index in [-0.39, 0.29) is 11.9 Å². The Morgan fingerprint density at radius 2 is 2.10 bits per heavy atom. The van der Waals surface area contributed by atoms with E-state index in [1.54, 1.807) is 0 Å². The highest BCUT2D eigenvalue weighted by Gasteiger charge is 2.31. The topological polar surface area (TPSA) is 59.8 Å². The van der Waals surface area contributed by atoms with Gasteiger partial charge < -0.3 is 15.0 Å². The Labute approximate surface area is 122 Å². The van der Waals surface area contributed by atoms with Gasteiger partial charge in [-0.25, -0.2) is 4.79 Å². The fourth-order valence-corrected chi connectivity index (χ4v) is 3.89.